The van der Waals surface area contributed by atoms with Gasteiger partial charge in [-0.2, -0.15) is 0 Å². The first-order chi connectivity index (χ1) is 9.70. The highest BCUT2D eigenvalue weighted by Gasteiger charge is 2.08. The fourth-order valence-corrected chi connectivity index (χ4v) is 1.54. The predicted molar refractivity (Wildman–Crippen MR) is 76.0 cm³/mol. The summed E-state index contributed by atoms with van der Waals surface area (Å²) in [6.45, 7) is 3.97. The summed E-state index contributed by atoms with van der Waals surface area (Å²) in [6, 6.07) is 8.21. The summed E-state index contributed by atoms with van der Waals surface area (Å²) in [6.07, 6.45) is 4.40. The highest BCUT2D eigenvalue weighted by Crippen LogP contribution is 2.21. The molecule has 2 N–H and O–H groups in total. The van der Waals surface area contributed by atoms with Gasteiger partial charge >= 0.3 is 0 Å². The van der Waals surface area contributed by atoms with Crippen LogP contribution >= 0.6 is 0 Å². The minimum atomic E-state index is -0.318. The monoisotopic (exact) mass is 270 g/mol. The molecule has 1 aromatic heterocycles. The van der Waals surface area contributed by atoms with Crippen LogP contribution in [0.2, 0.25) is 0 Å². The Morgan fingerprint density at radius 3 is 2.75 bits per heavy atom. The fraction of sp³-hybridized carbons (Fsp3) is 0.0667. The van der Waals surface area contributed by atoms with E-state index in [-0.39, 0.29) is 11.7 Å². The molecule has 1 aromatic carbocycles. The third-order valence-corrected chi connectivity index (χ3v) is 2.53. The maximum Gasteiger partial charge on any atom is 0.255 e. The molecule has 0 fully saturated rings. The molecule has 0 atom stereocenters. The quantitative estimate of drug-likeness (QED) is 0.819. The Balaban J connectivity index is 2.06. The van der Waals surface area contributed by atoms with Crippen molar-refractivity contribution in [1.29, 1.82) is 0 Å². The molecule has 2 rings (SSSR count). The van der Waals surface area contributed by atoms with Crippen LogP contribution in [0.5, 0.6) is 11.5 Å². The van der Waals surface area contributed by atoms with Crippen molar-refractivity contribution in [1.82, 2.24) is 4.98 Å². The first-order valence-corrected chi connectivity index (χ1v) is 5.99. The smallest absolute Gasteiger partial charge is 0.255 e. The molecule has 5 nitrogen and oxygen atoms in total. The van der Waals surface area contributed by atoms with Crippen LogP contribution in [0.4, 0.5) is 5.69 Å². The molecule has 1 heterocycles. The lowest BCUT2D eigenvalue weighted by molar-refractivity contribution is 0.102. The van der Waals surface area contributed by atoms with Gasteiger partial charge in [-0.3, -0.25) is 9.78 Å². The first-order valence-electron chi connectivity index (χ1n) is 5.99. The molecule has 102 valence electrons. The van der Waals surface area contributed by atoms with Gasteiger partial charge in [-0.15, -0.1) is 0 Å². The minimum absolute atomic E-state index is 0.0770. The summed E-state index contributed by atoms with van der Waals surface area (Å²) in [4.78, 5) is 15.7. The Morgan fingerprint density at radius 1 is 1.35 bits per heavy atom. The van der Waals surface area contributed by atoms with Gasteiger partial charge < -0.3 is 15.2 Å². The Hall–Kier alpha value is -2.82. The normalized spacial score (nSPS) is 9.80. The first kappa shape index (κ1) is 13.6. The number of nitrogens with one attached hydrogen (secondary N) is 1. The van der Waals surface area contributed by atoms with E-state index in [4.69, 9.17) is 4.74 Å². The lowest BCUT2D eigenvalue weighted by Gasteiger charge is -2.07. The molecule has 1 amide bonds. The lowest BCUT2D eigenvalue weighted by atomic mass is 10.2. The summed E-state index contributed by atoms with van der Waals surface area (Å²) in [7, 11) is 0. The van der Waals surface area contributed by atoms with Gasteiger partial charge in [0.2, 0.25) is 0 Å². The summed E-state index contributed by atoms with van der Waals surface area (Å²) >= 11 is 0. The molecule has 0 aliphatic rings. The zero-order valence-corrected chi connectivity index (χ0v) is 10.7. The van der Waals surface area contributed by atoms with Crippen LogP contribution < -0.4 is 10.1 Å². The second-order valence-corrected chi connectivity index (χ2v) is 3.97. The number of aromatic hydroxyl groups is 1. The van der Waals surface area contributed by atoms with Crippen LogP contribution in [0.15, 0.2) is 55.4 Å². The highest BCUT2D eigenvalue weighted by molar-refractivity contribution is 6.04. The van der Waals surface area contributed by atoms with Crippen LogP contribution in [-0.4, -0.2) is 22.6 Å². The number of anilines is 1. The van der Waals surface area contributed by atoms with Gasteiger partial charge in [0.15, 0.2) is 5.75 Å². The van der Waals surface area contributed by atoms with Crippen molar-refractivity contribution in [2.75, 3.05) is 11.9 Å². The van der Waals surface area contributed by atoms with Crippen molar-refractivity contribution in [2.24, 2.45) is 0 Å². The molecule has 0 radical (unpaired) electrons. The van der Waals surface area contributed by atoms with Gasteiger partial charge in [-0.25, -0.2) is 0 Å². The Morgan fingerprint density at radius 2 is 2.10 bits per heavy atom. The molecule has 20 heavy (non-hydrogen) atoms. The van der Waals surface area contributed by atoms with Crippen molar-refractivity contribution in [3.05, 3.63) is 60.9 Å². The van der Waals surface area contributed by atoms with Gasteiger partial charge in [0, 0.05) is 11.8 Å². The Labute approximate surface area is 116 Å². The molecule has 0 spiro atoms. The Bertz CT molecular complexity index is 609. The standard InChI is InChI=1S/C15H14N2O3/c1-2-9-20-12-5-3-11(4-6-12)15(19)17-13-7-8-16-10-14(13)18/h2-8,10,18H,1,9H2,(H,16,17,19). The van der Waals surface area contributed by atoms with Gasteiger partial charge in [0.1, 0.15) is 12.4 Å². The van der Waals surface area contributed by atoms with Crippen molar-refractivity contribution in [3.63, 3.8) is 0 Å². The largest absolute Gasteiger partial charge is 0.504 e. The molecule has 2 aromatic rings. The number of amides is 1. The molecule has 0 aliphatic heterocycles. The number of nitrogens with zero attached hydrogens (tertiary/aromatic N) is 1. The summed E-state index contributed by atoms with van der Waals surface area (Å²) < 4.78 is 5.33. The maximum atomic E-state index is 12.0. The molecule has 0 bridgehead atoms. The molecule has 0 aliphatic carbocycles. The van der Waals surface area contributed by atoms with Gasteiger partial charge in [-0.05, 0) is 30.3 Å². The Kier molecular flexibility index (Phi) is 4.34. The second-order valence-electron chi connectivity index (χ2n) is 3.97. The van der Waals surface area contributed by atoms with Crippen molar-refractivity contribution in [3.8, 4) is 11.5 Å². The number of aromatic nitrogens is 1. The van der Waals surface area contributed by atoms with Gasteiger partial charge in [0.25, 0.3) is 5.91 Å². The van der Waals surface area contributed by atoms with E-state index >= 15 is 0 Å². The van der Waals surface area contributed by atoms with E-state index in [1.807, 2.05) is 0 Å². The number of carbonyl (C=O) groups excluding carboxylic acids is 1. The summed E-state index contributed by atoms with van der Waals surface area (Å²) in [5.41, 5.74) is 0.782. The van der Waals surface area contributed by atoms with Crippen molar-refractivity contribution in [2.45, 2.75) is 0 Å². The topological polar surface area (TPSA) is 71.5 Å². The van der Waals surface area contributed by atoms with Gasteiger partial charge in [-0.1, -0.05) is 12.7 Å². The second kappa shape index (κ2) is 6.38. The van der Waals surface area contributed by atoms with E-state index in [2.05, 4.69) is 16.9 Å². The molecule has 0 unspecified atom stereocenters. The lowest BCUT2D eigenvalue weighted by Crippen LogP contribution is -2.11. The van der Waals surface area contributed by atoms with Crippen LogP contribution in [0.1, 0.15) is 10.4 Å². The number of benzene rings is 1. The molecule has 0 saturated carbocycles. The number of hydrogen-bond acceptors (Lipinski definition) is 4. The average Bonchev–Trinajstić information content (AvgIpc) is 2.48. The summed E-state index contributed by atoms with van der Waals surface area (Å²) in [5, 5.41) is 12.1. The maximum absolute atomic E-state index is 12.0. The van der Waals surface area contributed by atoms with E-state index in [0.717, 1.165) is 0 Å². The predicted octanol–water partition coefficient (Wildman–Crippen LogP) is 2.60. The van der Waals surface area contributed by atoms with E-state index in [1.165, 1.54) is 18.5 Å². The van der Waals surface area contributed by atoms with Crippen LogP contribution in [0.3, 0.4) is 0 Å². The van der Waals surface area contributed by atoms with E-state index in [0.29, 0.717) is 23.6 Å². The number of ether oxygens (including phenoxy) is 1. The fourth-order valence-electron chi connectivity index (χ4n) is 1.54. The zero-order valence-electron chi connectivity index (χ0n) is 10.7. The van der Waals surface area contributed by atoms with E-state index in [1.54, 1.807) is 30.3 Å². The SMILES string of the molecule is C=CCOc1ccc(C(=O)Nc2ccncc2O)cc1. The third-order valence-electron chi connectivity index (χ3n) is 2.53. The minimum Gasteiger partial charge on any atom is -0.504 e. The number of rotatable bonds is 5. The molecule has 5 heteroatoms. The average molecular weight is 270 g/mol. The van der Waals surface area contributed by atoms with Crippen molar-refractivity contribution < 1.29 is 14.6 Å². The van der Waals surface area contributed by atoms with Crippen LogP contribution in [0, 0.1) is 0 Å². The van der Waals surface area contributed by atoms with Gasteiger partial charge in [0.05, 0.1) is 11.9 Å². The van der Waals surface area contributed by atoms with Crippen molar-refractivity contribution >= 4 is 11.6 Å². The zero-order chi connectivity index (χ0) is 14.4. The molecule has 0 saturated heterocycles. The van der Waals surface area contributed by atoms with Crippen LogP contribution in [-0.2, 0) is 0 Å². The number of carbonyl (C=O) groups is 1. The van der Waals surface area contributed by atoms with E-state index < -0.39 is 0 Å². The highest BCUT2D eigenvalue weighted by atomic mass is 16.5. The van der Waals surface area contributed by atoms with Crippen LogP contribution in [0.25, 0.3) is 0 Å². The third kappa shape index (κ3) is 3.35. The molecular weight excluding hydrogens is 256 g/mol. The molecular formula is C15H14N2O3. The summed E-state index contributed by atoms with van der Waals surface area (Å²) in [5.74, 6) is 0.266. The van der Waals surface area contributed by atoms with E-state index in [9.17, 15) is 9.90 Å². The number of pyridine rings is 1. The number of hydrogen-bond donors (Lipinski definition) is 2.